The fraction of sp³-hybridized carbons (Fsp3) is 0.438. The highest BCUT2D eigenvalue weighted by Crippen LogP contribution is 2.35. The number of hydrogen-bond acceptors (Lipinski definition) is 8. The smallest absolute Gasteiger partial charge is 0.258 e. The summed E-state index contributed by atoms with van der Waals surface area (Å²) >= 11 is 0. The van der Waals surface area contributed by atoms with Crippen LogP contribution in [-0.2, 0) is 16.1 Å². The van der Waals surface area contributed by atoms with E-state index in [0.29, 0.717) is 42.8 Å². The maximum atomic E-state index is 12.0. The van der Waals surface area contributed by atoms with E-state index in [9.17, 15) is 4.79 Å². The van der Waals surface area contributed by atoms with Gasteiger partial charge in [0.2, 0.25) is 12.7 Å². The van der Waals surface area contributed by atoms with Gasteiger partial charge in [-0.15, -0.1) is 0 Å². The first-order valence-electron chi connectivity index (χ1n) is 8.08. The summed E-state index contributed by atoms with van der Waals surface area (Å²) in [5, 5.41) is 9.92. The molecule has 9 nitrogen and oxygen atoms in total. The van der Waals surface area contributed by atoms with E-state index in [1.165, 1.54) is 0 Å². The number of carbonyl (C=O) groups is 1. The van der Waals surface area contributed by atoms with Gasteiger partial charge in [0.1, 0.15) is 0 Å². The molecule has 3 heterocycles. The normalized spacial score (nSPS) is 19.0. The summed E-state index contributed by atoms with van der Waals surface area (Å²) in [7, 11) is 0. The first-order valence-corrected chi connectivity index (χ1v) is 8.08. The molecular weight excluding hydrogens is 328 g/mol. The van der Waals surface area contributed by atoms with Gasteiger partial charge in [0.15, 0.2) is 17.3 Å². The lowest BCUT2D eigenvalue weighted by atomic mass is 10.2. The van der Waals surface area contributed by atoms with Crippen LogP contribution in [0.15, 0.2) is 22.7 Å². The minimum atomic E-state index is -0.0857. The zero-order chi connectivity index (χ0) is 17.1. The second-order valence-electron chi connectivity index (χ2n) is 5.79. The number of fused-ring (bicyclic) bond motifs is 1. The van der Waals surface area contributed by atoms with Crippen molar-refractivity contribution < 1.29 is 23.5 Å². The van der Waals surface area contributed by atoms with Crippen LogP contribution >= 0.6 is 0 Å². The van der Waals surface area contributed by atoms with Crippen LogP contribution in [0, 0.1) is 0 Å². The van der Waals surface area contributed by atoms with Gasteiger partial charge in [0.25, 0.3) is 5.89 Å². The number of nitrogens with one attached hydrogen (secondary N) is 2. The van der Waals surface area contributed by atoms with E-state index in [4.69, 9.17) is 18.7 Å². The van der Waals surface area contributed by atoms with Crippen molar-refractivity contribution in [3.63, 3.8) is 0 Å². The van der Waals surface area contributed by atoms with E-state index in [1.807, 2.05) is 6.07 Å². The Labute approximate surface area is 143 Å². The molecule has 0 bridgehead atoms. The molecule has 1 fully saturated rings. The highest BCUT2D eigenvalue weighted by Gasteiger charge is 2.19. The van der Waals surface area contributed by atoms with Crippen LogP contribution in [0.1, 0.15) is 12.2 Å². The minimum absolute atomic E-state index is 0.0446. The van der Waals surface area contributed by atoms with Gasteiger partial charge in [-0.1, -0.05) is 5.16 Å². The predicted molar refractivity (Wildman–Crippen MR) is 84.9 cm³/mol. The van der Waals surface area contributed by atoms with Crippen molar-refractivity contribution in [2.45, 2.75) is 19.0 Å². The molecule has 2 N–H and O–H groups in total. The Bertz CT molecular complexity index is 757. The molecule has 1 aromatic carbocycles. The van der Waals surface area contributed by atoms with E-state index in [2.05, 4.69) is 20.8 Å². The van der Waals surface area contributed by atoms with Crippen LogP contribution in [0.2, 0.25) is 0 Å². The fourth-order valence-electron chi connectivity index (χ4n) is 2.70. The first kappa shape index (κ1) is 15.9. The van der Waals surface area contributed by atoms with E-state index >= 15 is 0 Å². The summed E-state index contributed by atoms with van der Waals surface area (Å²) in [5.74, 6) is 2.03. The lowest BCUT2D eigenvalue weighted by Crippen LogP contribution is -2.44. The van der Waals surface area contributed by atoms with Crippen molar-refractivity contribution in [2.75, 3.05) is 26.6 Å². The van der Waals surface area contributed by atoms with Gasteiger partial charge in [0.05, 0.1) is 19.8 Å². The SMILES string of the molecule is O=C(C[C@@H]1COCCN1)NCc1noc(-c2ccc3c(c2)OCO3)n1. The molecule has 0 aliphatic carbocycles. The number of amides is 1. The van der Waals surface area contributed by atoms with Gasteiger partial charge in [-0.25, -0.2) is 0 Å². The molecule has 4 rings (SSSR count). The molecule has 0 saturated carbocycles. The standard InChI is InChI=1S/C16H18N4O5/c21-15(6-11-8-22-4-3-17-11)18-7-14-19-16(25-20-14)10-1-2-12-13(5-10)24-9-23-12/h1-2,5,11,17H,3-4,6-9H2,(H,18,21)/t11-/m1/s1. The van der Waals surface area contributed by atoms with Gasteiger partial charge < -0.3 is 29.4 Å². The van der Waals surface area contributed by atoms with Crippen LogP contribution in [0.4, 0.5) is 0 Å². The highest BCUT2D eigenvalue weighted by atomic mass is 16.7. The topological polar surface area (TPSA) is 108 Å². The number of nitrogens with zero attached hydrogens (tertiary/aromatic N) is 2. The van der Waals surface area contributed by atoms with Gasteiger partial charge >= 0.3 is 0 Å². The van der Waals surface area contributed by atoms with Crippen molar-refractivity contribution in [3.8, 4) is 23.0 Å². The second kappa shape index (κ2) is 7.08. The summed E-state index contributed by atoms with van der Waals surface area (Å²) in [4.78, 5) is 16.3. The van der Waals surface area contributed by atoms with E-state index in [-0.39, 0.29) is 25.3 Å². The van der Waals surface area contributed by atoms with Crippen molar-refractivity contribution in [3.05, 3.63) is 24.0 Å². The fourth-order valence-corrected chi connectivity index (χ4v) is 2.70. The molecule has 9 heteroatoms. The minimum Gasteiger partial charge on any atom is -0.454 e. The van der Waals surface area contributed by atoms with Crippen molar-refractivity contribution >= 4 is 5.91 Å². The molecule has 0 unspecified atom stereocenters. The van der Waals surface area contributed by atoms with Crippen molar-refractivity contribution in [1.29, 1.82) is 0 Å². The average Bonchev–Trinajstić information content (AvgIpc) is 3.29. The van der Waals surface area contributed by atoms with Crippen LogP contribution in [0.3, 0.4) is 0 Å². The van der Waals surface area contributed by atoms with Gasteiger partial charge in [0, 0.05) is 24.6 Å². The largest absolute Gasteiger partial charge is 0.454 e. The molecule has 2 aliphatic heterocycles. The number of morpholine rings is 1. The van der Waals surface area contributed by atoms with E-state index in [0.717, 1.165) is 12.1 Å². The Hall–Kier alpha value is -2.65. The molecule has 132 valence electrons. The zero-order valence-corrected chi connectivity index (χ0v) is 13.5. The second-order valence-corrected chi connectivity index (χ2v) is 5.79. The Balaban J connectivity index is 1.33. The highest BCUT2D eigenvalue weighted by molar-refractivity contribution is 5.76. The predicted octanol–water partition coefficient (Wildman–Crippen LogP) is 0.460. The van der Waals surface area contributed by atoms with Crippen LogP contribution < -0.4 is 20.1 Å². The molecule has 1 aromatic heterocycles. The molecule has 0 spiro atoms. The Kier molecular flexibility index (Phi) is 4.49. The van der Waals surface area contributed by atoms with Gasteiger partial charge in [-0.3, -0.25) is 4.79 Å². The molecule has 2 aromatic rings. The number of rotatable bonds is 5. The molecule has 25 heavy (non-hydrogen) atoms. The van der Waals surface area contributed by atoms with Gasteiger partial charge in [-0.2, -0.15) is 4.98 Å². The number of carbonyl (C=O) groups excluding carboxylic acids is 1. The lowest BCUT2D eigenvalue weighted by Gasteiger charge is -2.23. The number of ether oxygens (including phenoxy) is 3. The average molecular weight is 346 g/mol. The molecular formula is C16H18N4O5. The van der Waals surface area contributed by atoms with Crippen molar-refractivity contribution in [1.82, 2.24) is 20.8 Å². The maximum Gasteiger partial charge on any atom is 0.258 e. The summed E-state index contributed by atoms with van der Waals surface area (Å²) < 4.78 is 21.2. The number of benzene rings is 1. The van der Waals surface area contributed by atoms with Crippen LogP contribution in [0.25, 0.3) is 11.5 Å². The summed E-state index contributed by atoms with van der Waals surface area (Å²) in [5.41, 5.74) is 0.734. The molecule has 1 saturated heterocycles. The summed E-state index contributed by atoms with van der Waals surface area (Å²) in [6.45, 7) is 2.41. The quantitative estimate of drug-likeness (QED) is 0.804. The number of aromatic nitrogens is 2. The van der Waals surface area contributed by atoms with Gasteiger partial charge in [-0.05, 0) is 18.2 Å². The third kappa shape index (κ3) is 3.72. The molecule has 0 radical (unpaired) electrons. The van der Waals surface area contributed by atoms with E-state index in [1.54, 1.807) is 12.1 Å². The Morgan fingerprint density at radius 2 is 2.24 bits per heavy atom. The first-order chi connectivity index (χ1) is 12.3. The number of hydrogen-bond donors (Lipinski definition) is 2. The summed E-state index contributed by atoms with van der Waals surface area (Å²) in [6, 6.07) is 5.44. The molecule has 2 aliphatic rings. The van der Waals surface area contributed by atoms with Crippen LogP contribution in [-0.4, -0.2) is 48.6 Å². The van der Waals surface area contributed by atoms with E-state index < -0.39 is 0 Å². The lowest BCUT2D eigenvalue weighted by molar-refractivity contribution is -0.122. The molecule has 1 amide bonds. The van der Waals surface area contributed by atoms with Crippen molar-refractivity contribution in [2.24, 2.45) is 0 Å². The van der Waals surface area contributed by atoms with Crippen LogP contribution in [0.5, 0.6) is 11.5 Å². The Morgan fingerprint density at radius 3 is 3.12 bits per heavy atom. The maximum absolute atomic E-state index is 12.0. The summed E-state index contributed by atoms with van der Waals surface area (Å²) in [6.07, 6.45) is 0.354. The third-order valence-electron chi connectivity index (χ3n) is 3.96. The zero-order valence-electron chi connectivity index (χ0n) is 13.5. The monoisotopic (exact) mass is 346 g/mol. The third-order valence-corrected chi connectivity index (χ3v) is 3.96. The Morgan fingerprint density at radius 1 is 1.32 bits per heavy atom. The molecule has 1 atom stereocenters.